The van der Waals surface area contributed by atoms with Gasteiger partial charge in [-0.15, -0.1) is 11.3 Å². The lowest BCUT2D eigenvalue weighted by Crippen LogP contribution is -2.60. The van der Waals surface area contributed by atoms with Crippen LogP contribution in [-0.4, -0.2) is 11.4 Å². The van der Waals surface area contributed by atoms with Crippen LogP contribution in [-0.2, 0) is 21.7 Å². The molecule has 4 heterocycles. The van der Waals surface area contributed by atoms with E-state index in [1.54, 1.807) is 0 Å². The van der Waals surface area contributed by atoms with Crippen LogP contribution < -0.4 is 15.7 Å². The zero-order valence-corrected chi connectivity index (χ0v) is 38.2. The van der Waals surface area contributed by atoms with Gasteiger partial charge in [0, 0.05) is 59.0 Å². The summed E-state index contributed by atoms with van der Waals surface area (Å²) in [6.07, 6.45) is 0. The minimum absolute atomic E-state index is 0.00511. The minimum Gasteiger partial charge on any atom is -0.376 e. The topological polar surface area (TPSA) is 8.17 Å². The van der Waals surface area contributed by atoms with E-state index in [1.165, 1.54) is 120 Å². The summed E-state index contributed by atoms with van der Waals surface area (Å²) in [5.74, 6) is 0. The average Bonchev–Trinajstić information content (AvgIpc) is 3.84. The summed E-state index contributed by atoms with van der Waals surface area (Å²) in [7, 11) is 0. The Bertz CT molecular complexity index is 3390. The van der Waals surface area contributed by atoms with Crippen LogP contribution in [0.4, 0.5) is 11.4 Å². The summed E-state index contributed by atoms with van der Waals surface area (Å²) < 4.78 is 5.44. The Kier molecular flexibility index (Phi) is 7.24. The van der Waals surface area contributed by atoms with E-state index < -0.39 is 0 Å². The van der Waals surface area contributed by atoms with Gasteiger partial charge in [-0.1, -0.05) is 149 Å². The fourth-order valence-electron chi connectivity index (χ4n) is 11.3. The highest BCUT2D eigenvalue weighted by Gasteiger charge is 2.48. The van der Waals surface area contributed by atoms with E-state index >= 15 is 0 Å². The second-order valence-electron chi connectivity index (χ2n) is 21.8. The Morgan fingerprint density at radius 1 is 0.541 bits per heavy atom. The Labute approximate surface area is 365 Å². The molecule has 9 aromatic rings. The highest BCUT2D eigenvalue weighted by molar-refractivity contribution is 7.27. The first-order valence-corrected chi connectivity index (χ1v) is 23.0. The van der Waals surface area contributed by atoms with Gasteiger partial charge in [-0.3, -0.25) is 0 Å². The number of hydrogen-bond donors (Lipinski definition) is 0. The lowest BCUT2D eigenvalue weighted by Gasteiger charge is -2.43. The summed E-state index contributed by atoms with van der Waals surface area (Å²) >= 11 is 1.98. The Morgan fingerprint density at radius 2 is 1.20 bits per heavy atom. The summed E-state index contributed by atoms with van der Waals surface area (Å²) in [6.45, 7) is 25.9. The van der Waals surface area contributed by atoms with Gasteiger partial charge in [-0.05, 0) is 120 Å². The molecule has 2 aliphatic heterocycles. The first-order valence-electron chi connectivity index (χ1n) is 22.2. The third kappa shape index (κ3) is 4.92. The molecule has 0 spiro atoms. The van der Waals surface area contributed by atoms with E-state index in [0.717, 1.165) is 0 Å². The van der Waals surface area contributed by atoms with E-state index in [9.17, 15) is 0 Å². The quantitative estimate of drug-likeness (QED) is 0.150. The molecule has 1 aliphatic carbocycles. The maximum Gasteiger partial charge on any atom is 0.333 e. The molecule has 12 rings (SSSR count). The molecule has 0 N–H and O–H groups in total. The SMILES string of the molecule is CC(C)(C)c1ccc(N2B3c4cc5c(cc4-n4c6ccc(C(C)(C)C)cc6c6c7sc8ccccc8c7c(c3c64)-c3cc(C(C)(C)C)ccc32)-c2ccccc2C5(C)C)cc1. The predicted molar refractivity (Wildman–Crippen MR) is 266 cm³/mol. The van der Waals surface area contributed by atoms with Gasteiger partial charge < -0.3 is 9.38 Å². The van der Waals surface area contributed by atoms with Crippen LogP contribution in [0.3, 0.4) is 0 Å². The van der Waals surface area contributed by atoms with Gasteiger partial charge in [0.2, 0.25) is 0 Å². The number of anilines is 2. The van der Waals surface area contributed by atoms with E-state index in [0.29, 0.717) is 0 Å². The molecule has 0 bridgehead atoms. The average molecular weight is 809 g/mol. The monoisotopic (exact) mass is 808 g/mol. The zero-order valence-electron chi connectivity index (χ0n) is 37.4. The van der Waals surface area contributed by atoms with E-state index in [1.807, 2.05) is 11.3 Å². The molecule has 4 heteroatoms. The van der Waals surface area contributed by atoms with Crippen LogP contribution in [0.2, 0.25) is 0 Å². The molecule has 300 valence electrons. The van der Waals surface area contributed by atoms with Gasteiger partial charge in [0.15, 0.2) is 0 Å². The van der Waals surface area contributed by atoms with Crippen molar-refractivity contribution in [1.82, 2.24) is 4.57 Å². The fraction of sp³-hybridized carbons (Fsp3) is 0.263. The number of hydrogen-bond acceptors (Lipinski definition) is 2. The zero-order chi connectivity index (χ0) is 42.3. The smallest absolute Gasteiger partial charge is 0.333 e. The van der Waals surface area contributed by atoms with Crippen molar-refractivity contribution >= 4 is 82.5 Å². The summed E-state index contributed by atoms with van der Waals surface area (Å²) in [5.41, 5.74) is 21.5. The lowest BCUT2D eigenvalue weighted by atomic mass is 9.43. The fourth-order valence-corrected chi connectivity index (χ4v) is 12.6. The number of aromatic nitrogens is 1. The van der Waals surface area contributed by atoms with Crippen LogP contribution in [0, 0.1) is 0 Å². The number of thiophene rings is 1. The molecule has 0 atom stereocenters. The van der Waals surface area contributed by atoms with Crippen molar-refractivity contribution in [3.05, 3.63) is 149 Å². The number of nitrogens with zero attached hydrogens (tertiary/aromatic N) is 2. The molecular formula is C57H53BN2S. The largest absolute Gasteiger partial charge is 0.376 e. The molecule has 0 amide bonds. The number of rotatable bonds is 1. The van der Waals surface area contributed by atoms with Crippen molar-refractivity contribution in [2.75, 3.05) is 4.81 Å². The molecule has 2 aromatic heterocycles. The lowest BCUT2D eigenvalue weighted by molar-refractivity contribution is 0.590. The third-order valence-electron chi connectivity index (χ3n) is 14.6. The summed E-state index contributed by atoms with van der Waals surface area (Å²) in [6, 6.07) is 47.8. The second-order valence-corrected chi connectivity index (χ2v) is 22.9. The second kappa shape index (κ2) is 11.9. The van der Waals surface area contributed by atoms with Crippen molar-refractivity contribution in [1.29, 1.82) is 0 Å². The van der Waals surface area contributed by atoms with Gasteiger partial charge in [-0.2, -0.15) is 0 Å². The Balaban J connectivity index is 1.33. The van der Waals surface area contributed by atoms with Crippen molar-refractivity contribution in [3.63, 3.8) is 0 Å². The van der Waals surface area contributed by atoms with Gasteiger partial charge in [0.05, 0.1) is 11.0 Å². The number of benzene rings is 7. The molecule has 0 radical (unpaired) electrons. The van der Waals surface area contributed by atoms with Gasteiger partial charge in [0.25, 0.3) is 0 Å². The standard InChI is InChI=1S/C57H53BN2S/c1-54(2,3)32-20-24-35(25-21-32)60-45-27-23-34(56(7,8)9)29-40(45)48-49-37-17-13-15-19-47(37)61-53(49)50-39-28-33(55(4,5)6)22-26-44(39)59-46-30-38-36-16-12-14-18-41(36)57(10,11)42(38)31-43(46)58(60)51(48)52(50)59/h12-31H,1-11H3. The van der Waals surface area contributed by atoms with Crippen molar-refractivity contribution in [3.8, 4) is 27.9 Å². The Morgan fingerprint density at radius 3 is 1.93 bits per heavy atom. The molecule has 2 nitrogen and oxygen atoms in total. The van der Waals surface area contributed by atoms with E-state index in [2.05, 4.69) is 207 Å². The minimum atomic E-state index is -0.138. The van der Waals surface area contributed by atoms with Crippen molar-refractivity contribution < 1.29 is 0 Å². The first-order chi connectivity index (χ1) is 28.9. The summed E-state index contributed by atoms with van der Waals surface area (Å²) in [4.78, 5) is 2.72. The molecule has 0 saturated carbocycles. The highest BCUT2D eigenvalue weighted by Crippen LogP contribution is 2.55. The highest BCUT2D eigenvalue weighted by atomic mass is 32.1. The Hall–Kier alpha value is -5.58. The van der Waals surface area contributed by atoms with Crippen molar-refractivity contribution in [2.45, 2.75) is 97.8 Å². The van der Waals surface area contributed by atoms with Crippen LogP contribution in [0.5, 0.6) is 0 Å². The third-order valence-corrected chi connectivity index (χ3v) is 15.8. The van der Waals surface area contributed by atoms with Gasteiger partial charge in [-0.25, -0.2) is 0 Å². The maximum atomic E-state index is 2.72. The normalized spacial score (nSPS) is 15.2. The molecule has 0 fully saturated rings. The van der Waals surface area contributed by atoms with Crippen LogP contribution in [0.1, 0.15) is 104 Å². The van der Waals surface area contributed by atoms with Crippen LogP contribution >= 0.6 is 11.3 Å². The predicted octanol–water partition coefficient (Wildman–Crippen LogP) is 14.6. The number of fused-ring (bicyclic) bond motifs is 16. The molecule has 7 aromatic carbocycles. The van der Waals surface area contributed by atoms with Gasteiger partial charge in [0.1, 0.15) is 0 Å². The van der Waals surface area contributed by atoms with E-state index in [-0.39, 0.29) is 28.5 Å². The molecule has 61 heavy (non-hydrogen) atoms. The van der Waals surface area contributed by atoms with Gasteiger partial charge >= 0.3 is 6.85 Å². The van der Waals surface area contributed by atoms with E-state index in [4.69, 9.17) is 0 Å². The van der Waals surface area contributed by atoms with Crippen LogP contribution in [0.25, 0.3) is 69.9 Å². The molecule has 0 saturated heterocycles. The summed E-state index contributed by atoms with van der Waals surface area (Å²) in [5, 5.41) is 5.51. The molecule has 0 unspecified atom stereocenters. The molecular weight excluding hydrogens is 756 g/mol. The molecule has 3 aliphatic rings. The maximum absolute atomic E-state index is 2.72. The van der Waals surface area contributed by atoms with Crippen LogP contribution in [0.15, 0.2) is 121 Å². The van der Waals surface area contributed by atoms with Crippen molar-refractivity contribution in [2.24, 2.45) is 0 Å². The first kappa shape index (κ1) is 37.2.